The van der Waals surface area contributed by atoms with Gasteiger partial charge >= 0.3 is 0 Å². The third kappa shape index (κ3) is 6.42. The molecule has 0 spiro atoms. The predicted octanol–water partition coefficient (Wildman–Crippen LogP) is 4.26. The van der Waals surface area contributed by atoms with E-state index in [1.54, 1.807) is 0 Å². The molecule has 0 aromatic carbocycles. The summed E-state index contributed by atoms with van der Waals surface area (Å²) in [5, 5.41) is 0. The third-order valence-electron chi connectivity index (χ3n) is 2.40. The average molecular weight is 200 g/mol. The fourth-order valence-corrected chi connectivity index (χ4v) is 2.77. The highest BCUT2D eigenvalue weighted by molar-refractivity contribution is 4.80. The number of hydrogen-bond donors (Lipinski definition) is 0. The second kappa shape index (κ2) is 5.16. The highest BCUT2D eigenvalue weighted by Gasteiger charge is 2.29. The standard InChI is InChI=1S/C13H28O/c1-8-14-13(6,7)10-12(4,5)9-11(2)3/h11H,8-10H2,1-7H3. The van der Waals surface area contributed by atoms with Crippen LogP contribution in [0, 0.1) is 11.3 Å². The van der Waals surface area contributed by atoms with Gasteiger partial charge in [0.1, 0.15) is 0 Å². The van der Waals surface area contributed by atoms with Crippen LogP contribution in [0.1, 0.15) is 61.3 Å². The Morgan fingerprint density at radius 1 is 1.07 bits per heavy atom. The molecule has 0 N–H and O–H groups in total. The number of rotatable bonds is 6. The Morgan fingerprint density at radius 3 is 1.93 bits per heavy atom. The Balaban J connectivity index is 4.19. The molecule has 86 valence electrons. The van der Waals surface area contributed by atoms with Crippen LogP contribution in [0.15, 0.2) is 0 Å². The Labute approximate surface area is 90.2 Å². The normalized spacial score (nSPS) is 13.7. The first kappa shape index (κ1) is 14.0. The van der Waals surface area contributed by atoms with E-state index in [1.165, 1.54) is 6.42 Å². The molecular weight excluding hydrogens is 172 g/mol. The van der Waals surface area contributed by atoms with E-state index in [4.69, 9.17) is 4.74 Å². The smallest absolute Gasteiger partial charge is 0.0631 e. The van der Waals surface area contributed by atoms with Crippen molar-refractivity contribution >= 4 is 0 Å². The number of ether oxygens (including phenoxy) is 1. The van der Waals surface area contributed by atoms with Crippen LogP contribution in [0.3, 0.4) is 0 Å². The summed E-state index contributed by atoms with van der Waals surface area (Å²) < 4.78 is 5.75. The van der Waals surface area contributed by atoms with Gasteiger partial charge in [0, 0.05) is 6.61 Å². The summed E-state index contributed by atoms with van der Waals surface area (Å²) in [5.74, 6) is 0.766. The maximum Gasteiger partial charge on any atom is 0.0631 e. The van der Waals surface area contributed by atoms with E-state index >= 15 is 0 Å². The Kier molecular flexibility index (Phi) is 5.14. The summed E-state index contributed by atoms with van der Waals surface area (Å²) in [7, 11) is 0. The largest absolute Gasteiger partial charge is 0.376 e. The van der Waals surface area contributed by atoms with Gasteiger partial charge in [-0.25, -0.2) is 0 Å². The van der Waals surface area contributed by atoms with Crippen LogP contribution < -0.4 is 0 Å². The predicted molar refractivity (Wildman–Crippen MR) is 63.6 cm³/mol. The van der Waals surface area contributed by atoms with Gasteiger partial charge in [0.05, 0.1) is 5.60 Å². The summed E-state index contributed by atoms with van der Waals surface area (Å²) >= 11 is 0. The zero-order valence-corrected chi connectivity index (χ0v) is 11.1. The van der Waals surface area contributed by atoms with Gasteiger partial charge in [-0.15, -0.1) is 0 Å². The van der Waals surface area contributed by atoms with Crippen molar-refractivity contribution in [3.8, 4) is 0 Å². The molecule has 14 heavy (non-hydrogen) atoms. The van der Waals surface area contributed by atoms with Crippen molar-refractivity contribution in [2.75, 3.05) is 6.61 Å². The maximum atomic E-state index is 5.75. The third-order valence-corrected chi connectivity index (χ3v) is 2.40. The summed E-state index contributed by atoms with van der Waals surface area (Å²) in [4.78, 5) is 0. The minimum Gasteiger partial charge on any atom is -0.376 e. The van der Waals surface area contributed by atoms with Gasteiger partial charge in [0.15, 0.2) is 0 Å². The Morgan fingerprint density at radius 2 is 1.57 bits per heavy atom. The molecule has 0 aromatic heterocycles. The minimum atomic E-state index is 0.0210. The molecule has 0 heterocycles. The van der Waals surface area contributed by atoms with Crippen LogP contribution in [0.4, 0.5) is 0 Å². The van der Waals surface area contributed by atoms with Gasteiger partial charge < -0.3 is 4.74 Å². The first-order valence-electron chi connectivity index (χ1n) is 5.82. The first-order valence-corrected chi connectivity index (χ1v) is 5.82. The van der Waals surface area contributed by atoms with Gasteiger partial charge in [0.2, 0.25) is 0 Å². The molecule has 0 aliphatic heterocycles. The topological polar surface area (TPSA) is 9.23 Å². The lowest BCUT2D eigenvalue weighted by molar-refractivity contribution is -0.0427. The van der Waals surface area contributed by atoms with Crippen molar-refractivity contribution in [1.29, 1.82) is 0 Å². The van der Waals surface area contributed by atoms with E-state index in [2.05, 4.69) is 48.5 Å². The second-order valence-corrected chi connectivity index (χ2v) is 6.13. The van der Waals surface area contributed by atoms with E-state index in [-0.39, 0.29) is 5.60 Å². The van der Waals surface area contributed by atoms with Crippen LogP contribution in [0.25, 0.3) is 0 Å². The van der Waals surface area contributed by atoms with E-state index in [9.17, 15) is 0 Å². The lowest BCUT2D eigenvalue weighted by Crippen LogP contribution is -2.32. The monoisotopic (exact) mass is 200 g/mol. The Bertz CT molecular complexity index is 157. The van der Waals surface area contributed by atoms with Crippen LogP contribution in [-0.4, -0.2) is 12.2 Å². The molecule has 0 aliphatic rings. The number of hydrogen-bond acceptors (Lipinski definition) is 1. The highest BCUT2D eigenvalue weighted by Crippen LogP contribution is 2.35. The van der Waals surface area contributed by atoms with E-state index < -0.39 is 0 Å². The van der Waals surface area contributed by atoms with Crippen molar-refractivity contribution < 1.29 is 4.74 Å². The first-order chi connectivity index (χ1) is 6.18. The van der Waals surface area contributed by atoms with Gasteiger partial charge in [0.25, 0.3) is 0 Å². The van der Waals surface area contributed by atoms with E-state index in [0.717, 1.165) is 18.9 Å². The van der Waals surface area contributed by atoms with Crippen LogP contribution in [0.2, 0.25) is 0 Å². The SMILES string of the molecule is CCOC(C)(C)CC(C)(C)CC(C)C. The van der Waals surface area contributed by atoms with Crippen LogP contribution in [-0.2, 0) is 4.74 Å². The van der Waals surface area contributed by atoms with E-state index in [0.29, 0.717) is 5.41 Å². The zero-order chi connectivity index (χ0) is 11.4. The fourth-order valence-electron chi connectivity index (χ4n) is 2.77. The summed E-state index contributed by atoms with van der Waals surface area (Å²) in [6, 6.07) is 0. The average Bonchev–Trinajstić information content (AvgIpc) is 1.78. The lowest BCUT2D eigenvalue weighted by atomic mass is 9.76. The molecule has 0 atom stereocenters. The highest BCUT2D eigenvalue weighted by atomic mass is 16.5. The van der Waals surface area contributed by atoms with Crippen molar-refractivity contribution in [2.45, 2.75) is 66.9 Å². The summed E-state index contributed by atoms with van der Waals surface area (Å²) in [5.41, 5.74) is 0.403. The van der Waals surface area contributed by atoms with Gasteiger partial charge in [-0.3, -0.25) is 0 Å². The Hall–Kier alpha value is -0.0400. The molecule has 0 fully saturated rings. The second-order valence-electron chi connectivity index (χ2n) is 6.13. The molecule has 1 heteroatoms. The molecule has 0 aromatic rings. The summed E-state index contributed by atoms with van der Waals surface area (Å²) in [6.45, 7) is 16.5. The van der Waals surface area contributed by atoms with Crippen molar-refractivity contribution in [2.24, 2.45) is 11.3 Å². The van der Waals surface area contributed by atoms with Crippen LogP contribution in [0.5, 0.6) is 0 Å². The molecule has 0 rings (SSSR count). The lowest BCUT2D eigenvalue weighted by Gasteiger charge is -2.35. The molecule has 0 radical (unpaired) electrons. The minimum absolute atomic E-state index is 0.0210. The molecule has 0 saturated heterocycles. The molecule has 0 unspecified atom stereocenters. The quantitative estimate of drug-likeness (QED) is 0.622. The molecule has 0 aliphatic carbocycles. The molecule has 0 bridgehead atoms. The van der Waals surface area contributed by atoms with Gasteiger partial charge in [-0.05, 0) is 44.9 Å². The van der Waals surface area contributed by atoms with Crippen molar-refractivity contribution in [3.05, 3.63) is 0 Å². The van der Waals surface area contributed by atoms with Crippen LogP contribution >= 0.6 is 0 Å². The molecule has 1 nitrogen and oxygen atoms in total. The molecule has 0 saturated carbocycles. The van der Waals surface area contributed by atoms with Gasteiger partial charge in [-0.1, -0.05) is 27.7 Å². The maximum absolute atomic E-state index is 5.75. The fraction of sp³-hybridized carbons (Fsp3) is 1.00. The van der Waals surface area contributed by atoms with Crippen molar-refractivity contribution in [1.82, 2.24) is 0 Å². The van der Waals surface area contributed by atoms with Gasteiger partial charge in [-0.2, -0.15) is 0 Å². The molecule has 0 amide bonds. The van der Waals surface area contributed by atoms with Crippen molar-refractivity contribution in [3.63, 3.8) is 0 Å². The zero-order valence-electron chi connectivity index (χ0n) is 11.1. The molecular formula is C13H28O. The van der Waals surface area contributed by atoms with E-state index in [1.807, 2.05) is 0 Å². The summed E-state index contributed by atoms with van der Waals surface area (Å²) in [6.07, 6.45) is 2.40.